The zero-order chi connectivity index (χ0) is 16.6. The van der Waals surface area contributed by atoms with E-state index in [2.05, 4.69) is 15.3 Å². The summed E-state index contributed by atoms with van der Waals surface area (Å²) in [6.45, 7) is 8.01. The Labute approximate surface area is 139 Å². The Hall–Kier alpha value is -2.21. The van der Waals surface area contributed by atoms with E-state index in [0.717, 1.165) is 32.5 Å². The summed E-state index contributed by atoms with van der Waals surface area (Å²) in [6, 6.07) is 3.89. The molecular formula is C17H20N4OS. The molecule has 0 unspecified atom stereocenters. The zero-order valence-corrected chi connectivity index (χ0v) is 14.6. The summed E-state index contributed by atoms with van der Waals surface area (Å²) in [5.41, 5.74) is 3.84. The van der Waals surface area contributed by atoms with E-state index in [0.29, 0.717) is 6.42 Å². The number of imidazole rings is 1. The normalized spacial score (nSPS) is 12.5. The minimum atomic E-state index is -0.0895. The third kappa shape index (κ3) is 3.12. The van der Waals surface area contributed by atoms with Crippen LogP contribution in [0.4, 0.5) is 0 Å². The molecule has 0 radical (unpaired) electrons. The second kappa shape index (κ2) is 6.12. The standard InChI is InChI=1S/C17H20N4OS/c1-10-6-5-7-21-14(9-18-17(10)21)8-15(22)19-11(2)16-12(3)23-13(4)20-16/h5-7,9,11H,8H2,1-4H3,(H,19,22)/t11-/m1/s1. The predicted molar refractivity (Wildman–Crippen MR) is 91.8 cm³/mol. The van der Waals surface area contributed by atoms with Gasteiger partial charge in [0, 0.05) is 17.3 Å². The maximum absolute atomic E-state index is 12.4. The van der Waals surface area contributed by atoms with Gasteiger partial charge in [-0.2, -0.15) is 0 Å². The number of thiazole rings is 1. The van der Waals surface area contributed by atoms with Crippen LogP contribution in [0.2, 0.25) is 0 Å². The number of nitrogens with zero attached hydrogens (tertiary/aromatic N) is 3. The van der Waals surface area contributed by atoms with Gasteiger partial charge in [0.25, 0.3) is 0 Å². The van der Waals surface area contributed by atoms with E-state index in [4.69, 9.17) is 0 Å². The summed E-state index contributed by atoms with van der Waals surface area (Å²) in [4.78, 5) is 22.4. The van der Waals surface area contributed by atoms with Crippen LogP contribution in [0.25, 0.3) is 5.65 Å². The molecule has 3 heterocycles. The van der Waals surface area contributed by atoms with Crippen LogP contribution >= 0.6 is 11.3 Å². The van der Waals surface area contributed by atoms with Crippen LogP contribution in [0.15, 0.2) is 24.5 Å². The third-order valence-electron chi connectivity index (χ3n) is 3.88. The van der Waals surface area contributed by atoms with E-state index in [1.165, 1.54) is 0 Å². The van der Waals surface area contributed by atoms with Crippen LogP contribution in [-0.4, -0.2) is 20.3 Å². The number of amides is 1. The van der Waals surface area contributed by atoms with Crippen LogP contribution in [0.1, 0.15) is 39.8 Å². The summed E-state index contributed by atoms with van der Waals surface area (Å²) in [6.07, 6.45) is 4.01. The Kier molecular flexibility index (Phi) is 4.17. The minimum absolute atomic E-state index is 0.0224. The van der Waals surface area contributed by atoms with Crippen molar-refractivity contribution in [2.24, 2.45) is 0 Å². The molecule has 0 saturated carbocycles. The molecule has 0 saturated heterocycles. The molecule has 3 aromatic heterocycles. The molecule has 6 heteroatoms. The van der Waals surface area contributed by atoms with Gasteiger partial charge < -0.3 is 9.72 Å². The minimum Gasteiger partial charge on any atom is -0.348 e. The van der Waals surface area contributed by atoms with Crippen molar-refractivity contribution in [3.8, 4) is 0 Å². The molecule has 5 nitrogen and oxygen atoms in total. The molecular weight excluding hydrogens is 308 g/mol. The average Bonchev–Trinajstić information content (AvgIpc) is 3.03. The number of aryl methyl sites for hydroxylation is 3. The van der Waals surface area contributed by atoms with Crippen molar-refractivity contribution in [3.05, 3.63) is 51.4 Å². The molecule has 0 aliphatic heterocycles. The van der Waals surface area contributed by atoms with Gasteiger partial charge in [0.05, 0.1) is 28.9 Å². The van der Waals surface area contributed by atoms with Crippen LogP contribution in [0, 0.1) is 20.8 Å². The van der Waals surface area contributed by atoms with Gasteiger partial charge in [-0.05, 0) is 39.3 Å². The Morgan fingerprint density at radius 2 is 2.17 bits per heavy atom. The number of rotatable bonds is 4. The van der Waals surface area contributed by atoms with E-state index >= 15 is 0 Å². The highest BCUT2D eigenvalue weighted by Crippen LogP contribution is 2.22. The largest absolute Gasteiger partial charge is 0.348 e. The van der Waals surface area contributed by atoms with Crippen LogP contribution in [-0.2, 0) is 11.2 Å². The lowest BCUT2D eigenvalue weighted by molar-refractivity contribution is -0.121. The van der Waals surface area contributed by atoms with Gasteiger partial charge in [0.1, 0.15) is 5.65 Å². The number of hydrogen-bond donors (Lipinski definition) is 1. The molecule has 0 aliphatic rings. The smallest absolute Gasteiger partial charge is 0.226 e. The number of aromatic nitrogens is 3. The Balaban J connectivity index is 1.74. The summed E-state index contributed by atoms with van der Waals surface area (Å²) in [7, 11) is 0. The fraction of sp³-hybridized carbons (Fsp3) is 0.353. The quantitative estimate of drug-likeness (QED) is 0.800. The van der Waals surface area contributed by atoms with Crippen molar-refractivity contribution >= 4 is 22.9 Å². The molecule has 23 heavy (non-hydrogen) atoms. The van der Waals surface area contributed by atoms with E-state index < -0.39 is 0 Å². The topological polar surface area (TPSA) is 59.3 Å². The highest BCUT2D eigenvalue weighted by atomic mass is 32.1. The van der Waals surface area contributed by atoms with E-state index in [1.807, 2.05) is 50.4 Å². The SMILES string of the molecule is Cc1nc([C@@H](C)NC(=O)Cc2cnc3c(C)cccn23)c(C)s1. The van der Waals surface area contributed by atoms with E-state index in [-0.39, 0.29) is 11.9 Å². The van der Waals surface area contributed by atoms with E-state index in [9.17, 15) is 4.79 Å². The average molecular weight is 328 g/mol. The van der Waals surface area contributed by atoms with Crippen molar-refractivity contribution in [3.63, 3.8) is 0 Å². The van der Waals surface area contributed by atoms with Crippen LogP contribution in [0.3, 0.4) is 0 Å². The number of hydrogen-bond acceptors (Lipinski definition) is 4. The first-order valence-electron chi connectivity index (χ1n) is 7.60. The number of pyridine rings is 1. The lowest BCUT2D eigenvalue weighted by Crippen LogP contribution is -2.29. The van der Waals surface area contributed by atoms with Gasteiger partial charge in [0.15, 0.2) is 0 Å². The molecule has 0 spiro atoms. The molecule has 1 N–H and O–H groups in total. The Bertz CT molecular complexity index is 865. The molecule has 1 atom stereocenters. The molecule has 3 aromatic rings. The number of carbonyl (C=O) groups is 1. The molecule has 0 bridgehead atoms. The second-order valence-electron chi connectivity index (χ2n) is 5.77. The number of fused-ring (bicyclic) bond motifs is 1. The van der Waals surface area contributed by atoms with Crippen molar-refractivity contribution in [1.82, 2.24) is 19.7 Å². The maximum Gasteiger partial charge on any atom is 0.226 e. The monoisotopic (exact) mass is 328 g/mol. The molecule has 0 fully saturated rings. The lowest BCUT2D eigenvalue weighted by atomic mass is 10.2. The molecule has 0 aromatic carbocycles. The third-order valence-corrected chi connectivity index (χ3v) is 4.78. The maximum atomic E-state index is 12.4. The van der Waals surface area contributed by atoms with Gasteiger partial charge in [-0.3, -0.25) is 4.79 Å². The lowest BCUT2D eigenvalue weighted by Gasteiger charge is -2.12. The summed E-state index contributed by atoms with van der Waals surface area (Å²) < 4.78 is 1.97. The summed E-state index contributed by atoms with van der Waals surface area (Å²) in [5, 5.41) is 4.06. The zero-order valence-electron chi connectivity index (χ0n) is 13.8. The second-order valence-corrected chi connectivity index (χ2v) is 7.18. The highest BCUT2D eigenvalue weighted by molar-refractivity contribution is 7.11. The number of nitrogens with one attached hydrogen (secondary N) is 1. The van der Waals surface area contributed by atoms with Crippen molar-refractivity contribution < 1.29 is 4.79 Å². The first kappa shape index (κ1) is 15.7. The highest BCUT2D eigenvalue weighted by Gasteiger charge is 2.17. The van der Waals surface area contributed by atoms with Gasteiger partial charge in [0.2, 0.25) is 5.91 Å². The first-order chi connectivity index (χ1) is 11.0. The fourth-order valence-corrected chi connectivity index (χ4v) is 3.72. The van der Waals surface area contributed by atoms with Gasteiger partial charge in [-0.25, -0.2) is 9.97 Å². The van der Waals surface area contributed by atoms with Crippen LogP contribution in [0.5, 0.6) is 0 Å². The van der Waals surface area contributed by atoms with Crippen molar-refractivity contribution in [2.45, 2.75) is 40.2 Å². The fourth-order valence-electron chi connectivity index (χ4n) is 2.81. The van der Waals surface area contributed by atoms with Crippen molar-refractivity contribution in [2.75, 3.05) is 0 Å². The Morgan fingerprint density at radius 1 is 1.39 bits per heavy atom. The first-order valence-corrected chi connectivity index (χ1v) is 8.42. The number of carbonyl (C=O) groups excluding carboxylic acids is 1. The Morgan fingerprint density at radius 3 is 2.87 bits per heavy atom. The van der Waals surface area contributed by atoms with Gasteiger partial charge in [-0.1, -0.05) is 6.07 Å². The molecule has 1 amide bonds. The van der Waals surface area contributed by atoms with Gasteiger partial charge in [-0.15, -0.1) is 11.3 Å². The predicted octanol–water partition coefficient (Wildman–Crippen LogP) is 3.14. The molecule has 3 rings (SSSR count). The molecule has 120 valence electrons. The molecule has 0 aliphatic carbocycles. The van der Waals surface area contributed by atoms with Crippen LogP contribution < -0.4 is 5.32 Å². The van der Waals surface area contributed by atoms with Crippen molar-refractivity contribution in [1.29, 1.82) is 0 Å². The summed E-state index contributed by atoms with van der Waals surface area (Å²) in [5.74, 6) is -0.0224. The van der Waals surface area contributed by atoms with Gasteiger partial charge >= 0.3 is 0 Å². The van der Waals surface area contributed by atoms with E-state index in [1.54, 1.807) is 17.5 Å². The summed E-state index contributed by atoms with van der Waals surface area (Å²) >= 11 is 1.66.